The first-order chi connectivity index (χ1) is 14.9. The summed E-state index contributed by atoms with van der Waals surface area (Å²) in [5.74, 6) is -1.24. The summed E-state index contributed by atoms with van der Waals surface area (Å²) in [5, 5.41) is 14.2. The van der Waals surface area contributed by atoms with E-state index in [0.29, 0.717) is 23.2 Å². The van der Waals surface area contributed by atoms with Gasteiger partial charge in [0.15, 0.2) is 11.0 Å². The SMILES string of the molecule is CCn1c(SCC(=O)Nc2ccc(F)cc2)nnc1[C@@H](C)NC(=O)c1ccccc1F. The van der Waals surface area contributed by atoms with Crippen LogP contribution in [0.1, 0.15) is 36.1 Å². The Labute approximate surface area is 182 Å². The average molecular weight is 445 g/mol. The summed E-state index contributed by atoms with van der Waals surface area (Å²) in [7, 11) is 0. The van der Waals surface area contributed by atoms with E-state index in [1.165, 1.54) is 54.2 Å². The van der Waals surface area contributed by atoms with Crippen molar-refractivity contribution >= 4 is 29.3 Å². The minimum Gasteiger partial charge on any atom is -0.342 e. The van der Waals surface area contributed by atoms with E-state index in [9.17, 15) is 18.4 Å². The Balaban J connectivity index is 1.63. The molecule has 0 aliphatic rings. The first-order valence-corrected chi connectivity index (χ1v) is 10.5. The van der Waals surface area contributed by atoms with Crippen LogP contribution in [0, 0.1) is 11.6 Å². The Hall–Kier alpha value is -3.27. The molecule has 2 aromatic carbocycles. The number of halogens is 2. The summed E-state index contributed by atoms with van der Waals surface area (Å²) in [6.45, 7) is 4.13. The Morgan fingerprint density at radius 2 is 1.81 bits per heavy atom. The number of hydrogen-bond donors (Lipinski definition) is 2. The number of amides is 2. The van der Waals surface area contributed by atoms with Crippen LogP contribution < -0.4 is 10.6 Å². The van der Waals surface area contributed by atoms with Crippen molar-refractivity contribution in [1.82, 2.24) is 20.1 Å². The number of aromatic nitrogens is 3. The molecule has 10 heteroatoms. The first kappa shape index (κ1) is 22.4. The molecule has 0 spiro atoms. The number of rotatable bonds is 8. The van der Waals surface area contributed by atoms with Gasteiger partial charge < -0.3 is 15.2 Å². The van der Waals surface area contributed by atoms with Crippen LogP contribution in [0.4, 0.5) is 14.5 Å². The molecule has 0 saturated heterocycles. The van der Waals surface area contributed by atoms with Gasteiger partial charge in [0.25, 0.3) is 5.91 Å². The quantitative estimate of drug-likeness (QED) is 0.515. The molecule has 7 nitrogen and oxygen atoms in total. The van der Waals surface area contributed by atoms with Crippen LogP contribution in [0.3, 0.4) is 0 Å². The topological polar surface area (TPSA) is 88.9 Å². The van der Waals surface area contributed by atoms with Crippen molar-refractivity contribution in [3.8, 4) is 0 Å². The molecule has 162 valence electrons. The van der Waals surface area contributed by atoms with E-state index in [1.807, 2.05) is 6.92 Å². The van der Waals surface area contributed by atoms with Crippen molar-refractivity contribution in [2.24, 2.45) is 0 Å². The van der Waals surface area contributed by atoms with Gasteiger partial charge in [-0.3, -0.25) is 9.59 Å². The smallest absolute Gasteiger partial charge is 0.254 e. The lowest BCUT2D eigenvalue weighted by atomic mass is 10.2. The molecule has 0 unspecified atom stereocenters. The molecule has 0 radical (unpaired) electrons. The van der Waals surface area contributed by atoms with Gasteiger partial charge in [0.05, 0.1) is 17.4 Å². The molecule has 0 aliphatic heterocycles. The van der Waals surface area contributed by atoms with E-state index in [0.717, 1.165) is 0 Å². The zero-order chi connectivity index (χ0) is 22.4. The van der Waals surface area contributed by atoms with E-state index in [1.54, 1.807) is 17.6 Å². The van der Waals surface area contributed by atoms with Crippen LogP contribution >= 0.6 is 11.8 Å². The van der Waals surface area contributed by atoms with Gasteiger partial charge >= 0.3 is 0 Å². The largest absolute Gasteiger partial charge is 0.342 e. The summed E-state index contributed by atoms with van der Waals surface area (Å²) < 4.78 is 28.6. The van der Waals surface area contributed by atoms with Crippen LogP contribution in [-0.4, -0.2) is 32.3 Å². The van der Waals surface area contributed by atoms with E-state index in [2.05, 4.69) is 20.8 Å². The fraction of sp³-hybridized carbons (Fsp3) is 0.238. The third kappa shape index (κ3) is 5.66. The first-order valence-electron chi connectivity index (χ1n) is 9.55. The molecule has 0 saturated carbocycles. The highest BCUT2D eigenvalue weighted by Crippen LogP contribution is 2.21. The van der Waals surface area contributed by atoms with Crippen LogP contribution in [0.5, 0.6) is 0 Å². The molecule has 2 amide bonds. The number of carbonyl (C=O) groups is 2. The summed E-state index contributed by atoms with van der Waals surface area (Å²) in [4.78, 5) is 24.5. The number of anilines is 1. The minimum absolute atomic E-state index is 0.0519. The van der Waals surface area contributed by atoms with Gasteiger partial charge in [-0.2, -0.15) is 0 Å². The van der Waals surface area contributed by atoms with E-state index < -0.39 is 17.8 Å². The predicted octanol–water partition coefficient (Wildman–Crippen LogP) is 3.80. The monoisotopic (exact) mass is 445 g/mol. The van der Waals surface area contributed by atoms with Gasteiger partial charge in [0, 0.05) is 12.2 Å². The van der Waals surface area contributed by atoms with E-state index in [-0.39, 0.29) is 23.0 Å². The van der Waals surface area contributed by atoms with Crippen LogP contribution in [-0.2, 0) is 11.3 Å². The highest BCUT2D eigenvalue weighted by Gasteiger charge is 2.21. The van der Waals surface area contributed by atoms with Crippen molar-refractivity contribution in [2.45, 2.75) is 31.6 Å². The Kier molecular flexibility index (Phi) is 7.35. The lowest BCUT2D eigenvalue weighted by Crippen LogP contribution is -2.29. The van der Waals surface area contributed by atoms with Gasteiger partial charge in [0.1, 0.15) is 11.6 Å². The molecule has 1 atom stereocenters. The number of thioether (sulfide) groups is 1. The normalized spacial score (nSPS) is 11.7. The molecule has 0 bridgehead atoms. The van der Waals surface area contributed by atoms with E-state index >= 15 is 0 Å². The summed E-state index contributed by atoms with van der Waals surface area (Å²) in [5.41, 5.74) is 0.443. The van der Waals surface area contributed by atoms with Gasteiger partial charge in [-0.15, -0.1) is 10.2 Å². The van der Waals surface area contributed by atoms with Gasteiger partial charge in [-0.1, -0.05) is 23.9 Å². The zero-order valence-electron chi connectivity index (χ0n) is 16.9. The predicted molar refractivity (Wildman–Crippen MR) is 114 cm³/mol. The van der Waals surface area contributed by atoms with Crippen LogP contribution in [0.15, 0.2) is 53.7 Å². The number of hydrogen-bond acceptors (Lipinski definition) is 5. The number of benzene rings is 2. The highest BCUT2D eigenvalue weighted by atomic mass is 32.2. The molecular formula is C21H21F2N5O2S. The van der Waals surface area contributed by atoms with Gasteiger partial charge in [0.2, 0.25) is 5.91 Å². The third-order valence-electron chi connectivity index (χ3n) is 4.38. The average Bonchev–Trinajstić information content (AvgIpc) is 3.17. The molecule has 0 aliphatic carbocycles. The third-order valence-corrected chi connectivity index (χ3v) is 5.34. The van der Waals surface area contributed by atoms with Crippen molar-refractivity contribution in [2.75, 3.05) is 11.1 Å². The van der Waals surface area contributed by atoms with E-state index in [4.69, 9.17) is 0 Å². The minimum atomic E-state index is -0.604. The second-order valence-corrected chi connectivity index (χ2v) is 7.55. The molecule has 3 aromatic rings. The highest BCUT2D eigenvalue weighted by molar-refractivity contribution is 7.99. The molecular weight excluding hydrogens is 424 g/mol. The molecule has 3 rings (SSSR count). The molecule has 0 fully saturated rings. The number of carbonyl (C=O) groups excluding carboxylic acids is 2. The fourth-order valence-electron chi connectivity index (χ4n) is 2.87. The Morgan fingerprint density at radius 3 is 2.48 bits per heavy atom. The zero-order valence-corrected chi connectivity index (χ0v) is 17.7. The van der Waals surface area contributed by atoms with Crippen molar-refractivity contribution in [1.29, 1.82) is 0 Å². The molecule has 31 heavy (non-hydrogen) atoms. The standard InChI is InChI=1S/C21H21F2N5O2S/c1-3-28-19(13(2)24-20(30)16-6-4-5-7-17(16)23)26-27-21(28)31-12-18(29)25-15-10-8-14(22)9-11-15/h4-11,13H,3,12H2,1-2H3,(H,24,30)(H,25,29)/t13-/m1/s1. The number of nitrogens with zero attached hydrogens (tertiary/aromatic N) is 3. The van der Waals surface area contributed by atoms with Gasteiger partial charge in [-0.25, -0.2) is 8.78 Å². The molecule has 1 aromatic heterocycles. The fourth-order valence-corrected chi connectivity index (χ4v) is 3.68. The summed E-state index contributed by atoms with van der Waals surface area (Å²) in [6, 6.07) is 10.7. The van der Waals surface area contributed by atoms with Crippen LogP contribution in [0.25, 0.3) is 0 Å². The van der Waals surface area contributed by atoms with Crippen molar-refractivity contribution in [3.05, 3.63) is 71.6 Å². The molecule has 2 N–H and O–H groups in total. The van der Waals surface area contributed by atoms with Gasteiger partial charge in [-0.05, 0) is 50.2 Å². The lowest BCUT2D eigenvalue weighted by molar-refractivity contribution is -0.113. The van der Waals surface area contributed by atoms with Crippen molar-refractivity contribution in [3.63, 3.8) is 0 Å². The maximum Gasteiger partial charge on any atom is 0.254 e. The number of nitrogens with one attached hydrogen (secondary N) is 2. The molecule has 1 heterocycles. The lowest BCUT2D eigenvalue weighted by Gasteiger charge is -2.15. The second-order valence-electron chi connectivity index (χ2n) is 6.60. The van der Waals surface area contributed by atoms with Crippen LogP contribution in [0.2, 0.25) is 0 Å². The maximum absolute atomic E-state index is 13.8. The Morgan fingerprint density at radius 1 is 1.10 bits per heavy atom. The Bertz CT molecular complexity index is 1070. The summed E-state index contributed by atoms with van der Waals surface area (Å²) >= 11 is 1.19. The summed E-state index contributed by atoms with van der Waals surface area (Å²) in [6.07, 6.45) is 0. The van der Waals surface area contributed by atoms with Crippen molar-refractivity contribution < 1.29 is 18.4 Å². The second kappa shape index (κ2) is 10.2. The maximum atomic E-state index is 13.8.